The van der Waals surface area contributed by atoms with Gasteiger partial charge in [0.2, 0.25) is 5.91 Å². The van der Waals surface area contributed by atoms with Crippen LogP contribution >= 0.6 is 0 Å². The van der Waals surface area contributed by atoms with Gasteiger partial charge in [-0.15, -0.1) is 0 Å². The Morgan fingerprint density at radius 3 is 2.45 bits per heavy atom. The van der Waals surface area contributed by atoms with E-state index in [-0.39, 0.29) is 17.4 Å². The molecular weight excluding hydrogens is 364 g/mol. The molecule has 5 heteroatoms. The van der Waals surface area contributed by atoms with Gasteiger partial charge in [0.1, 0.15) is 5.75 Å². The van der Waals surface area contributed by atoms with Crippen LogP contribution in [-0.4, -0.2) is 28.8 Å². The molecule has 0 unspecified atom stereocenters. The van der Waals surface area contributed by atoms with Crippen molar-refractivity contribution in [1.29, 1.82) is 0 Å². The van der Waals surface area contributed by atoms with Crippen LogP contribution in [0.4, 0.5) is 5.69 Å². The molecule has 1 N–H and O–H groups in total. The quantitative estimate of drug-likeness (QED) is 0.599. The zero-order valence-electron chi connectivity index (χ0n) is 16.6. The first-order valence-corrected chi connectivity index (χ1v) is 9.61. The Labute approximate surface area is 170 Å². The fourth-order valence-electron chi connectivity index (χ4n) is 3.14. The van der Waals surface area contributed by atoms with Crippen molar-refractivity contribution >= 4 is 17.4 Å². The number of rotatable bonds is 7. The van der Waals surface area contributed by atoms with Crippen LogP contribution in [0.1, 0.15) is 35.7 Å². The summed E-state index contributed by atoms with van der Waals surface area (Å²) in [4.78, 5) is 29.9. The fraction of sp³-hybridized carbons (Fsp3) is 0.208. The molecular formula is C24H24N2O3. The Morgan fingerprint density at radius 1 is 1.07 bits per heavy atom. The van der Waals surface area contributed by atoms with Gasteiger partial charge in [0.05, 0.1) is 0 Å². The third-order valence-electron chi connectivity index (χ3n) is 4.93. The van der Waals surface area contributed by atoms with E-state index in [4.69, 9.17) is 0 Å². The van der Waals surface area contributed by atoms with Gasteiger partial charge in [0.15, 0.2) is 5.78 Å². The lowest BCUT2D eigenvalue weighted by molar-refractivity contribution is -0.118. The highest BCUT2D eigenvalue weighted by atomic mass is 16.3. The molecule has 3 aromatic rings. The number of benzene rings is 2. The molecule has 0 saturated heterocycles. The molecule has 0 radical (unpaired) electrons. The van der Waals surface area contributed by atoms with Crippen LogP contribution in [0.2, 0.25) is 0 Å². The molecule has 0 aliphatic rings. The van der Waals surface area contributed by atoms with Gasteiger partial charge in [-0.05, 0) is 35.7 Å². The van der Waals surface area contributed by atoms with E-state index < -0.39 is 0 Å². The summed E-state index contributed by atoms with van der Waals surface area (Å²) in [6.45, 7) is 1.80. The number of aromatic hydroxyl groups is 1. The number of hydrogen-bond donors (Lipinski definition) is 1. The minimum absolute atomic E-state index is 0.0219. The molecule has 2 aromatic carbocycles. The van der Waals surface area contributed by atoms with Crippen LogP contribution < -0.4 is 4.90 Å². The van der Waals surface area contributed by atoms with Gasteiger partial charge in [-0.2, -0.15) is 0 Å². The maximum atomic E-state index is 12.4. The molecule has 0 aliphatic carbocycles. The van der Waals surface area contributed by atoms with Crippen LogP contribution in [0.15, 0.2) is 67.0 Å². The highest BCUT2D eigenvalue weighted by molar-refractivity contribution is 5.97. The van der Waals surface area contributed by atoms with E-state index >= 15 is 0 Å². The number of carbonyl (C=O) groups excluding carboxylic acids is 2. The summed E-state index contributed by atoms with van der Waals surface area (Å²) in [6, 6.07) is 16.2. The van der Waals surface area contributed by atoms with E-state index in [0.29, 0.717) is 36.1 Å². The van der Waals surface area contributed by atoms with Crippen molar-refractivity contribution in [2.45, 2.75) is 26.2 Å². The number of aryl methyl sites for hydroxylation is 1. The van der Waals surface area contributed by atoms with Crippen molar-refractivity contribution in [1.82, 2.24) is 4.98 Å². The Balaban J connectivity index is 1.71. The number of carbonyl (C=O) groups is 2. The number of nitrogens with zero attached hydrogens (tertiary/aromatic N) is 2. The maximum absolute atomic E-state index is 12.4. The summed E-state index contributed by atoms with van der Waals surface area (Å²) >= 11 is 0. The predicted octanol–water partition coefficient (Wildman–Crippen LogP) is 4.64. The Morgan fingerprint density at radius 2 is 1.83 bits per heavy atom. The van der Waals surface area contributed by atoms with Crippen molar-refractivity contribution in [2.75, 3.05) is 11.9 Å². The molecule has 0 aliphatic heterocycles. The number of anilines is 1. The largest absolute Gasteiger partial charge is 0.507 e. The Kier molecular flexibility index (Phi) is 6.39. The first-order valence-electron chi connectivity index (χ1n) is 9.61. The van der Waals surface area contributed by atoms with E-state index in [1.54, 1.807) is 56.7 Å². The van der Waals surface area contributed by atoms with Gasteiger partial charge < -0.3 is 10.0 Å². The lowest BCUT2D eigenvalue weighted by Gasteiger charge is -2.17. The van der Waals surface area contributed by atoms with Gasteiger partial charge in [-0.3, -0.25) is 14.6 Å². The molecule has 0 spiro atoms. The number of amides is 1. The number of Topliss-reactive ketones (excluding diaryl/α,β-unsaturated/α-hetero) is 1. The van der Waals surface area contributed by atoms with Crippen LogP contribution in [0.3, 0.4) is 0 Å². The van der Waals surface area contributed by atoms with E-state index in [1.165, 1.54) is 4.90 Å². The summed E-state index contributed by atoms with van der Waals surface area (Å²) in [5, 5.41) is 10.4. The molecule has 1 heterocycles. The standard InChI is InChI=1S/C24H24N2O3/c1-3-24(29)26(2)20-11-12-21(23(28)15-20)18-7-9-19(10-8-18)22(27)13-6-17-5-4-14-25-16-17/h4-5,7-12,14-16,28H,3,6,13H2,1-2H3. The Bertz CT molecular complexity index is 998. The third-order valence-corrected chi connectivity index (χ3v) is 4.93. The molecule has 0 bridgehead atoms. The summed E-state index contributed by atoms with van der Waals surface area (Å²) in [7, 11) is 1.69. The smallest absolute Gasteiger partial charge is 0.226 e. The van der Waals surface area contributed by atoms with Crippen molar-refractivity contribution in [3.63, 3.8) is 0 Å². The predicted molar refractivity (Wildman–Crippen MR) is 114 cm³/mol. The van der Waals surface area contributed by atoms with Crippen molar-refractivity contribution in [3.05, 3.63) is 78.1 Å². The van der Waals surface area contributed by atoms with Crippen LogP contribution in [0.5, 0.6) is 5.75 Å². The molecule has 0 atom stereocenters. The molecule has 3 rings (SSSR count). The zero-order chi connectivity index (χ0) is 20.8. The van der Waals surface area contributed by atoms with Crippen molar-refractivity contribution in [2.24, 2.45) is 0 Å². The van der Waals surface area contributed by atoms with Gasteiger partial charge in [0.25, 0.3) is 0 Å². The number of ketones is 1. The van der Waals surface area contributed by atoms with Gasteiger partial charge in [0, 0.05) is 55.2 Å². The minimum atomic E-state index is -0.0219. The average Bonchev–Trinajstić information content (AvgIpc) is 2.77. The van der Waals surface area contributed by atoms with E-state index in [0.717, 1.165) is 11.1 Å². The number of aromatic nitrogens is 1. The average molecular weight is 388 g/mol. The fourth-order valence-corrected chi connectivity index (χ4v) is 3.14. The molecule has 1 aromatic heterocycles. The van der Waals surface area contributed by atoms with Gasteiger partial charge >= 0.3 is 0 Å². The number of hydrogen-bond acceptors (Lipinski definition) is 4. The lowest BCUT2D eigenvalue weighted by Crippen LogP contribution is -2.24. The molecule has 0 fully saturated rings. The normalized spacial score (nSPS) is 10.6. The van der Waals surface area contributed by atoms with E-state index in [9.17, 15) is 14.7 Å². The summed E-state index contributed by atoms with van der Waals surface area (Å²) < 4.78 is 0. The molecule has 0 saturated carbocycles. The van der Waals surface area contributed by atoms with E-state index in [2.05, 4.69) is 4.98 Å². The highest BCUT2D eigenvalue weighted by Crippen LogP contribution is 2.33. The monoisotopic (exact) mass is 388 g/mol. The third kappa shape index (κ3) is 4.88. The summed E-state index contributed by atoms with van der Waals surface area (Å²) in [5.41, 5.74) is 3.78. The van der Waals surface area contributed by atoms with Gasteiger partial charge in [-0.1, -0.05) is 37.3 Å². The van der Waals surface area contributed by atoms with Crippen molar-refractivity contribution < 1.29 is 14.7 Å². The van der Waals surface area contributed by atoms with Crippen LogP contribution in [0.25, 0.3) is 11.1 Å². The number of pyridine rings is 1. The van der Waals surface area contributed by atoms with Gasteiger partial charge in [-0.25, -0.2) is 0 Å². The summed E-state index contributed by atoms with van der Waals surface area (Å²) in [6.07, 6.45) is 4.96. The molecule has 148 valence electrons. The first kappa shape index (κ1) is 20.3. The summed E-state index contributed by atoms with van der Waals surface area (Å²) in [5.74, 6) is 0.139. The maximum Gasteiger partial charge on any atom is 0.226 e. The second-order valence-corrected chi connectivity index (χ2v) is 6.87. The van der Waals surface area contributed by atoms with Crippen LogP contribution in [-0.2, 0) is 11.2 Å². The topological polar surface area (TPSA) is 70.5 Å². The second kappa shape index (κ2) is 9.15. The SMILES string of the molecule is CCC(=O)N(C)c1ccc(-c2ccc(C(=O)CCc3cccnc3)cc2)c(O)c1. The zero-order valence-corrected chi connectivity index (χ0v) is 16.6. The molecule has 29 heavy (non-hydrogen) atoms. The lowest BCUT2D eigenvalue weighted by atomic mass is 9.99. The number of phenols is 1. The van der Waals surface area contributed by atoms with Crippen LogP contribution in [0, 0.1) is 0 Å². The van der Waals surface area contributed by atoms with Crippen molar-refractivity contribution in [3.8, 4) is 16.9 Å². The highest BCUT2D eigenvalue weighted by Gasteiger charge is 2.13. The molecule has 5 nitrogen and oxygen atoms in total. The van der Waals surface area contributed by atoms with E-state index in [1.807, 2.05) is 24.3 Å². The minimum Gasteiger partial charge on any atom is -0.507 e. The Hall–Kier alpha value is -3.47. The first-order chi connectivity index (χ1) is 14.0. The molecule has 1 amide bonds. The number of phenolic OH excluding ortho intramolecular Hbond substituents is 1. The second-order valence-electron chi connectivity index (χ2n) is 6.87.